The van der Waals surface area contributed by atoms with Crippen molar-refractivity contribution in [1.82, 2.24) is 14.9 Å². The van der Waals surface area contributed by atoms with E-state index in [9.17, 15) is 4.79 Å². The number of carbonyl (C=O) groups is 1. The lowest BCUT2D eigenvalue weighted by atomic mass is 9.92. The van der Waals surface area contributed by atoms with Gasteiger partial charge in [-0.2, -0.15) is 0 Å². The molecular formula is C19H24ClN3O4. The molecule has 1 aliphatic carbocycles. The summed E-state index contributed by atoms with van der Waals surface area (Å²) >= 11 is 6.18. The monoisotopic (exact) mass is 393 g/mol. The lowest BCUT2D eigenvalue weighted by molar-refractivity contribution is 0.0718. The Kier molecular flexibility index (Phi) is 6.21. The molecule has 1 heterocycles. The first kappa shape index (κ1) is 19.5. The zero-order chi connectivity index (χ0) is 19.4. The van der Waals surface area contributed by atoms with Gasteiger partial charge in [-0.15, -0.1) is 0 Å². The number of fused-ring (bicyclic) bond motifs is 1. The molecule has 2 aromatic rings. The highest BCUT2D eigenvalue weighted by molar-refractivity contribution is 6.34. The van der Waals surface area contributed by atoms with Crippen LogP contribution in [0.25, 0.3) is 10.9 Å². The minimum Gasteiger partial charge on any atom is -0.493 e. The van der Waals surface area contributed by atoms with Gasteiger partial charge in [-0.1, -0.05) is 11.6 Å². The molecular weight excluding hydrogens is 370 g/mol. The van der Waals surface area contributed by atoms with Gasteiger partial charge in [0, 0.05) is 24.5 Å². The fourth-order valence-electron chi connectivity index (χ4n) is 3.39. The van der Waals surface area contributed by atoms with Crippen LogP contribution in [-0.4, -0.2) is 53.9 Å². The number of halogens is 1. The number of nitrogens with zero attached hydrogens (tertiary/aromatic N) is 3. The summed E-state index contributed by atoms with van der Waals surface area (Å²) in [6.45, 7) is 2.19. The first-order chi connectivity index (χ1) is 13.0. The van der Waals surface area contributed by atoms with E-state index in [0.717, 1.165) is 31.1 Å². The van der Waals surface area contributed by atoms with E-state index in [2.05, 4.69) is 9.97 Å². The maximum atomic E-state index is 11.9. The van der Waals surface area contributed by atoms with Gasteiger partial charge in [-0.25, -0.2) is 14.8 Å². The van der Waals surface area contributed by atoms with Crippen LogP contribution in [0, 0.1) is 0 Å². The molecule has 1 saturated carbocycles. The summed E-state index contributed by atoms with van der Waals surface area (Å²) in [5.41, 5.74) is 0.707. The molecule has 0 bridgehead atoms. The molecule has 27 heavy (non-hydrogen) atoms. The molecule has 7 nitrogen and oxygen atoms in total. The Morgan fingerprint density at radius 3 is 2.63 bits per heavy atom. The summed E-state index contributed by atoms with van der Waals surface area (Å²) in [6, 6.07) is 3.80. The second kappa shape index (κ2) is 8.61. The van der Waals surface area contributed by atoms with E-state index >= 15 is 0 Å². The number of aromatic nitrogens is 2. The van der Waals surface area contributed by atoms with Crippen molar-refractivity contribution in [3.63, 3.8) is 0 Å². The van der Waals surface area contributed by atoms with Crippen molar-refractivity contribution in [2.45, 2.75) is 44.8 Å². The van der Waals surface area contributed by atoms with Crippen LogP contribution in [-0.2, 0) is 4.74 Å². The minimum atomic E-state index is -0.271. The van der Waals surface area contributed by atoms with Gasteiger partial charge < -0.3 is 19.1 Å². The molecule has 0 aliphatic heterocycles. The zero-order valence-electron chi connectivity index (χ0n) is 15.8. The Morgan fingerprint density at radius 2 is 1.96 bits per heavy atom. The molecule has 1 aromatic heterocycles. The molecule has 0 N–H and O–H groups in total. The fourth-order valence-corrected chi connectivity index (χ4v) is 3.58. The van der Waals surface area contributed by atoms with Crippen molar-refractivity contribution in [3.05, 3.63) is 23.6 Å². The number of hydrogen-bond donors (Lipinski definition) is 0. The van der Waals surface area contributed by atoms with E-state index in [1.165, 1.54) is 6.33 Å². The second-order valence-electron chi connectivity index (χ2n) is 6.54. The van der Waals surface area contributed by atoms with E-state index in [1.807, 2.05) is 13.0 Å². The van der Waals surface area contributed by atoms with Crippen LogP contribution in [0.5, 0.6) is 11.5 Å². The standard InChI is InChI=1S/C19H24ClN3O4/c1-4-26-19(24)23(2)12-5-7-13(8-6-12)27-17-9-14-15(10-16(17)25-3)21-11-22-18(14)20/h9-13H,4-8H2,1-3H3/t12-,13+. The Bertz CT molecular complexity index is 809. The smallest absolute Gasteiger partial charge is 0.409 e. The Labute approximate surface area is 163 Å². The van der Waals surface area contributed by atoms with Gasteiger partial charge in [0.25, 0.3) is 0 Å². The molecule has 0 saturated heterocycles. The predicted molar refractivity (Wildman–Crippen MR) is 103 cm³/mol. The van der Waals surface area contributed by atoms with Gasteiger partial charge in [0.05, 0.1) is 25.3 Å². The molecule has 146 valence electrons. The maximum absolute atomic E-state index is 11.9. The van der Waals surface area contributed by atoms with Gasteiger partial charge in [0.2, 0.25) is 0 Å². The molecule has 1 aromatic carbocycles. The average Bonchev–Trinajstić information content (AvgIpc) is 2.68. The number of carbonyl (C=O) groups excluding carboxylic acids is 1. The van der Waals surface area contributed by atoms with Crippen molar-refractivity contribution in [2.24, 2.45) is 0 Å². The molecule has 1 aliphatic rings. The largest absolute Gasteiger partial charge is 0.493 e. The quantitative estimate of drug-likeness (QED) is 0.713. The Balaban J connectivity index is 1.68. The van der Waals surface area contributed by atoms with Crippen LogP contribution in [0.4, 0.5) is 4.79 Å². The summed E-state index contributed by atoms with van der Waals surface area (Å²) in [5.74, 6) is 1.24. The van der Waals surface area contributed by atoms with Crippen LogP contribution in [0.3, 0.4) is 0 Å². The van der Waals surface area contributed by atoms with Gasteiger partial charge in [-0.05, 0) is 38.7 Å². The maximum Gasteiger partial charge on any atom is 0.409 e. The van der Waals surface area contributed by atoms with Crippen LogP contribution in [0.15, 0.2) is 18.5 Å². The first-order valence-electron chi connectivity index (χ1n) is 9.08. The molecule has 0 unspecified atom stereocenters. The highest BCUT2D eigenvalue weighted by Crippen LogP contribution is 2.36. The summed E-state index contributed by atoms with van der Waals surface area (Å²) in [5, 5.41) is 1.11. The van der Waals surface area contributed by atoms with Crippen LogP contribution in [0.1, 0.15) is 32.6 Å². The number of hydrogen-bond acceptors (Lipinski definition) is 6. The summed E-state index contributed by atoms with van der Waals surface area (Å²) in [6.07, 6.45) is 4.61. The van der Waals surface area contributed by atoms with Crippen molar-refractivity contribution >= 4 is 28.6 Å². The molecule has 0 atom stereocenters. The summed E-state index contributed by atoms with van der Waals surface area (Å²) < 4.78 is 16.7. The van der Waals surface area contributed by atoms with Crippen molar-refractivity contribution in [2.75, 3.05) is 20.8 Å². The second-order valence-corrected chi connectivity index (χ2v) is 6.90. The average molecular weight is 394 g/mol. The van der Waals surface area contributed by atoms with Gasteiger partial charge in [0.1, 0.15) is 11.5 Å². The number of rotatable bonds is 5. The molecule has 0 spiro atoms. The van der Waals surface area contributed by atoms with Crippen LogP contribution >= 0.6 is 11.6 Å². The first-order valence-corrected chi connectivity index (χ1v) is 9.45. The summed E-state index contributed by atoms with van der Waals surface area (Å²) in [7, 11) is 3.39. The highest BCUT2D eigenvalue weighted by Gasteiger charge is 2.28. The van der Waals surface area contributed by atoms with Crippen molar-refractivity contribution in [1.29, 1.82) is 0 Å². The van der Waals surface area contributed by atoms with Crippen LogP contribution < -0.4 is 9.47 Å². The Morgan fingerprint density at radius 1 is 1.22 bits per heavy atom. The number of benzene rings is 1. The third-order valence-electron chi connectivity index (χ3n) is 4.91. The van der Waals surface area contributed by atoms with Gasteiger partial charge in [-0.3, -0.25) is 0 Å². The number of methoxy groups -OCH3 is 1. The zero-order valence-corrected chi connectivity index (χ0v) is 16.5. The molecule has 0 radical (unpaired) electrons. The third-order valence-corrected chi connectivity index (χ3v) is 5.21. The van der Waals surface area contributed by atoms with Gasteiger partial charge >= 0.3 is 6.09 Å². The Hall–Kier alpha value is -2.28. The van der Waals surface area contributed by atoms with E-state index < -0.39 is 0 Å². The molecule has 8 heteroatoms. The third kappa shape index (κ3) is 4.35. The lowest BCUT2D eigenvalue weighted by Crippen LogP contribution is -2.41. The van der Waals surface area contributed by atoms with E-state index in [0.29, 0.717) is 28.8 Å². The van der Waals surface area contributed by atoms with E-state index in [1.54, 1.807) is 25.1 Å². The predicted octanol–water partition coefficient (Wildman–Crippen LogP) is 4.07. The fraction of sp³-hybridized carbons (Fsp3) is 0.526. The van der Waals surface area contributed by atoms with Crippen molar-refractivity contribution in [3.8, 4) is 11.5 Å². The minimum absolute atomic E-state index is 0.0478. The topological polar surface area (TPSA) is 73.8 Å². The normalized spacial score (nSPS) is 19.6. The van der Waals surface area contributed by atoms with E-state index in [-0.39, 0.29) is 18.2 Å². The summed E-state index contributed by atoms with van der Waals surface area (Å²) in [4.78, 5) is 21.8. The number of ether oxygens (including phenoxy) is 3. The molecule has 1 amide bonds. The lowest BCUT2D eigenvalue weighted by Gasteiger charge is -2.34. The molecule has 3 rings (SSSR count). The van der Waals surface area contributed by atoms with Gasteiger partial charge in [0.15, 0.2) is 11.5 Å². The van der Waals surface area contributed by atoms with Crippen LogP contribution in [0.2, 0.25) is 5.15 Å². The molecule has 1 fully saturated rings. The van der Waals surface area contributed by atoms with Crippen molar-refractivity contribution < 1.29 is 19.0 Å². The SMILES string of the molecule is CCOC(=O)N(C)[C@H]1CC[C@@H](Oc2cc3c(Cl)ncnc3cc2OC)CC1. The number of amides is 1. The van der Waals surface area contributed by atoms with E-state index in [4.69, 9.17) is 25.8 Å². The highest BCUT2D eigenvalue weighted by atomic mass is 35.5.